The first-order valence-electron chi connectivity index (χ1n) is 8.22. The number of unbranched alkanes of at least 4 members (excludes halogenated alkanes) is 2. The van der Waals surface area contributed by atoms with Crippen molar-refractivity contribution in [2.75, 3.05) is 26.4 Å². The molecule has 0 unspecified atom stereocenters. The molecule has 0 aliphatic rings. The molecule has 0 saturated carbocycles. The molecule has 0 spiro atoms. The minimum absolute atomic E-state index is 0.622. The summed E-state index contributed by atoms with van der Waals surface area (Å²) in [6, 6.07) is 8.29. The van der Waals surface area contributed by atoms with Gasteiger partial charge in [-0.15, -0.1) is 0 Å². The second kappa shape index (κ2) is 11.6. The van der Waals surface area contributed by atoms with Crippen molar-refractivity contribution in [3.8, 4) is 5.75 Å². The largest absolute Gasteiger partial charge is 0.491 e. The van der Waals surface area contributed by atoms with E-state index in [2.05, 4.69) is 38.2 Å². The molecule has 0 atom stereocenters. The van der Waals surface area contributed by atoms with Crippen LogP contribution in [0.3, 0.4) is 0 Å². The van der Waals surface area contributed by atoms with Crippen LogP contribution in [-0.4, -0.2) is 26.4 Å². The van der Waals surface area contributed by atoms with E-state index in [1.807, 2.05) is 12.1 Å². The van der Waals surface area contributed by atoms with Crippen LogP contribution < -0.4 is 10.1 Å². The zero-order chi connectivity index (χ0) is 15.3. The Balaban J connectivity index is 2.10. The summed E-state index contributed by atoms with van der Waals surface area (Å²) in [5, 5.41) is 3.44. The van der Waals surface area contributed by atoms with E-state index in [0.29, 0.717) is 19.1 Å². The molecule has 0 heterocycles. The third-order valence-electron chi connectivity index (χ3n) is 3.19. The highest BCUT2D eigenvalue weighted by Gasteiger charge is 1.97. The molecule has 0 bridgehead atoms. The second-order valence-corrected chi connectivity index (χ2v) is 5.84. The molecule has 0 amide bonds. The Morgan fingerprint density at radius 3 is 2.43 bits per heavy atom. The van der Waals surface area contributed by atoms with E-state index in [1.54, 1.807) is 0 Å². The molecule has 1 aromatic rings. The topological polar surface area (TPSA) is 30.5 Å². The van der Waals surface area contributed by atoms with E-state index < -0.39 is 0 Å². The summed E-state index contributed by atoms with van der Waals surface area (Å²) >= 11 is 0. The molecule has 0 saturated heterocycles. The van der Waals surface area contributed by atoms with Gasteiger partial charge >= 0.3 is 0 Å². The summed E-state index contributed by atoms with van der Waals surface area (Å²) in [6.07, 6.45) is 3.62. The maximum Gasteiger partial charge on any atom is 0.119 e. The highest BCUT2D eigenvalue weighted by Crippen LogP contribution is 2.12. The highest BCUT2D eigenvalue weighted by atomic mass is 16.5. The molecule has 0 fully saturated rings. The Kier molecular flexibility index (Phi) is 9.92. The normalized spacial score (nSPS) is 11.0. The fourth-order valence-electron chi connectivity index (χ4n) is 1.98. The number of hydrogen-bond acceptors (Lipinski definition) is 3. The van der Waals surface area contributed by atoms with Crippen molar-refractivity contribution in [2.24, 2.45) is 5.92 Å². The van der Waals surface area contributed by atoms with Gasteiger partial charge in [0.1, 0.15) is 12.4 Å². The SMILES string of the molecule is CCCCCOCCOc1ccc(CNCC(C)C)cc1. The van der Waals surface area contributed by atoms with E-state index in [0.717, 1.165) is 31.9 Å². The molecule has 3 heteroatoms. The van der Waals surface area contributed by atoms with Crippen molar-refractivity contribution in [3.63, 3.8) is 0 Å². The van der Waals surface area contributed by atoms with E-state index in [-0.39, 0.29) is 0 Å². The van der Waals surface area contributed by atoms with E-state index in [1.165, 1.54) is 18.4 Å². The standard InChI is InChI=1S/C18H31NO2/c1-4-5-6-11-20-12-13-21-18-9-7-17(8-10-18)15-19-14-16(2)3/h7-10,16,19H,4-6,11-15H2,1-3H3. The first-order valence-corrected chi connectivity index (χ1v) is 8.22. The molecule has 3 nitrogen and oxygen atoms in total. The number of rotatable bonds is 12. The second-order valence-electron chi connectivity index (χ2n) is 5.84. The van der Waals surface area contributed by atoms with Crippen molar-refractivity contribution < 1.29 is 9.47 Å². The van der Waals surface area contributed by atoms with Crippen LogP contribution in [0.15, 0.2) is 24.3 Å². The number of nitrogens with one attached hydrogen (secondary N) is 1. The molecule has 21 heavy (non-hydrogen) atoms. The lowest BCUT2D eigenvalue weighted by Crippen LogP contribution is -2.18. The van der Waals surface area contributed by atoms with Crippen LogP contribution in [-0.2, 0) is 11.3 Å². The van der Waals surface area contributed by atoms with E-state index >= 15 is 0 Å². The molecular weight excluding hydrogens is 262 g/mol. The average Bonchev–Trinajstić information content (AvgIpc) is 2.47. The Hall–Kier alpha value is -1.06. The van der Waals surface area contributed by atoms with Gasteiger partial charge in [0, 0.05) is 13.2 Å². The van der Waals surface area contributed by atoms with Crippen LogP contribution in [0.4, 0.5) is 0 Å². The lowest BCUT2D eigenvalue weighted by Gasteiger charge is -2.09. The summed E-state index contributed by atoms with van der Waals surface area (Å²) in [4.78, 5) is 0. The van der Waals surface area contributed by atoms with Gasteiger partial charge in [-0.05, 0) is 36.6 Å². The van der Waals surface area contributed by atoms with Gasteiger partial charge in [0.05, 0.1) is 6.61 Å². The Bertz CT molecular complexity index is 349. The molecule has 0 aliphatic heterocycles. The van der Waals surface area contributed by atoms with Crippen molar-refractivity contribution in [2.45, 2.75) is 46.6 Å². The maximum atomic E-state index is 5.66. The first kappa shape index (κ1) is 18.0. The molecule has 0 aromatic heterocycles. The van der Waals surface area contributed by atoms with Gasteiger partial charge in [-0.25, -0.2) is 0 Å². The lowest BCUT2D eigenvalue weighted by molar-refractivity contribution is 0.0973. The first-order chi connectivity index (χ1) is 10.2. The summed E-state index contributed by atoms with van der Waals surface area (Å²) < 4.78 is 11.2. The Labute approximate surface area is 130 Å². The predicted molar refractivity (Wildman–Crippen MR) is 88.8 cm³/mol. The van der Waals surface area contributed by atoms with Crippen LogP contribution >= 0.6 is 0 Å². The minimum Gasteiger partial charge on any atom is -0.491 e. The van der Waals surface area contributed by atoms with Crippen LogP contribution in [0, 0.1) is 5.92 Å². The molecule has 1 aromatic carbocycles. The van der Waals surface area contributed by atoms with Gasteiger partial charge in [-0.2, -0.15) is 0 Å². The van der Waals surface area contributed by atoms with E-state index in [4.69, 9.17) is 9.47 Å². The maximum absolute atomic E-state index is 5.66. The molecule has 0 aliphatic carbocycles. The highest BCUT2D eigenvalue weighted by molar-refractivity contribution is 5.27. The van der Waals surface area contributed by atoms with Crippen LogP contribution in [0.1, 0.15) is 45.6 Å². The van der Waals surface area contributed by atoms with Crippen LogP contribution in [0.25, 0.3) is 0 Å². The predicted octanol–water partition coefficient (Wildman–Crippen LogP) is 4.02. The fraction of sp³-hybridized carbons (Fsp3) is 0.667. The third kappa shape index (κ3) is 9.48. The molecule has 0 radical (unpaired) electrons. The summed E-state index contributed by atoms with van der Waals surface area (Å²) in [7, 11) is 0. The van der Waals surface area contributed by atoms with Gasteiger partial charge in [-0.3, -0.25) is 0 Å². The van der Waals surface area contributed by atoms with Crippen molar-refractivity contribution in [3.05, 3.63) is 29.8 Å². The fourth-order valence-corrected chi connectivity index (χ4v) is 1.98. The Morgan fingerprint density at radius 1 is 1.00 bits per heavy atom. The van der Waals surface area contributed by atoms with Crippen molar-refractivity contribution >= 4 is 0 Å². The zero-order valence-electron chi connectivity index (χ0n) is 13.9. The van der Waals surface area contributed by atoms with Crippen LogP contribution in [0.2, 0.25) is 0 Å². The Morgan fingerprint density at radius 2 is 1.76 bits per heavy atom. The molecule has 120 valence electrons. The van der Waals surface area contributed by atoms with Gasteiger partial charge in [0.15, 0.2) is 0 Å². The zero-order valence-corrected chi connectivity index (χ0v) is 13.9. The van der Waals surface area contributed by atoms with E-state index in [9.17, 15) is 0 Å². The molecule has 1 N–H and O–H groups in total. The van der Waals surface area contributed by atoms with Gasteiger partial charge in [0.2, 0.25) is 0 Å². The minimum atomic E-state index is 0.622. The van der Waals surface area contributed by atoms with Gasteiger partial charge < -0.3 is 14.8 Å². The van der Waals surface area contributed by atoms with Crippen molar-refractivity contribution in [1.29, 1.82) is 0 Å². The molecular formula is C18H31NO2. The van der Waals surface area contributed by atoms with Gasteiger partial charge in [-0.1, -0.05) is 45.7 Å². The summed E-state index contributed by atoms with van der Waals surface area (Å²) in [5.74, 6) is 1.60. The average molecular weight is 293 g/mol. The van der Waals surface area contributed by atoms with Gasteiger partial charge in [0.25, 0.3) is 0 Å². The molecule has 1 rings (SSSR count). The summed E-state index contributed by atoms with van der Waals surface area (Å²) in [5.41, 5.74) is 1.29. The lowest BCUT2D eigenvalue weighted by atomic mass is 10.2. The monoisotopic (exact) mass is 293 g/mol. The number of ether oxygens (including phenoxy) is 2. The number of benzene rings is 1. The van der Waals surface area contributed by atoms with Crippen molar-refractivity contribution in [1.82, 2.24) is 5.32 Å². The number of hydrogen-bond donors (Lipinski definition) is 1. The summed E-state index contributed by atoms with van der Waals surface area (Å²) in [6.45, 7) is 10.7. The smallest absolute Gasteiger partial charge is 0.119 e. The quantitative estimate of drug-likeness (QED) is 0.590. The third-order valence-corrected chi connectivity index (χ3v) is 3.19. The van der Waals surface area contributed by atoms with Crippen LogP contribution in [0.5, 0.6) is 5.75 Å².